The number of aryl methyl sites for hydroxylation is 2. The lowest BCUT2D eigenvalue weighted by Crippen LogP contribution is -1.88. The molecule has 9 rings (SSSR count). The van der Waals surface area contributed by atoms with E-state index in [0.29, 0.717) is 0 Å². The molecular formula is C48H38N4. The predicted octanol–water partition coefficient (Wildman–Crippen LogP) is 12.2. The maximum atomic E-state index is 5.37. The number of aromatic amines is 2. The quantitative estimate of drug-likeness (QED) is 0.196. The number of rotatable bonds is 4. The van der Waals surface area contributed by atoms with Gasteiger partial charge < -0.3 is 9.97 Å². The minimum atomic E-state index is 0.912. The van der Waals surface area contributed by atoms with E-state index in [-0.39, 0.29) is 0 Å². The fourth-order valence-corrected chi connectivity index (χ4v) is 7.89. The maximum absolute atomic E-state index is 5.37. The number of benzene rings is 4. The maximum Gasteiger partial charge on any atom is 0.0740 e. The van der Waals surface area contributed by atoms with Crippen molar-refractivity contribution >= 4 is 44.4 Å². The summed E-state index contributed by atoms with van der Waals surface area (Å²) in [6.07, 6.45) is 0. The molecule has 0 atom stereocenters. The molecule has 0 amide bonds. The Balaban J connectivity index is 1.46. The standard InChI is InChI=1S/C48H38N4/c1-29-37-25-42-46(34-19-11-6-12-20-34)31(3)39(50-42)27-44-48(36-23-15-8-16-24-36)32(4)40(52-44)28-43-47(35-21-13-7-14-22-35)30(2)38(51-43)26-41(49-37)45(29)33-17-9-5-10-18-33/h5-28,49-50H,1-4H3. The average molecular weight is 671 g/mol. The lowest BCUT2D eigenvalue weighted by atomic mass is 9.96. The van der Waals surface area contributed by atoms with Crippen LogP contribution in [0, 0.1) is 13.8 Å². The summed E-state index contributed by atoms with van der Waals surface area (Å²) in [7, 11) is 0. The van der Waals surface area contributed by atoms with Gasteiger partial charge in [0, 0.05) is 44.3 Å². The van der Waals surface area contributed by atoms with Crippen LogP contribution >= 0.6 is 0 Å². The van der Waals surface area contributed by atoms with Crippen molar-refractivity contribution in [3.8, 4) is 22.3 Å². The lowest BCUT2D eigenvalue weighted by molar-refractivity contribution is 1.25. The topological polar surface area (TPSA) is 57.4 Å². The number of hydrogen-bond acceptors (Lipinski definition) is 2. The number of aromatic nitrogens is 4. The highest BCUT2D eigenvalue weighted by Crippen LogP contribution is 2.41. The first kappa shape index (κ1) is 31.5. The zero-order chi connectivity index (χ0) is 35.3. The normalized spacial score (nSPS) is 12.8. The van der Waals surface area contributed by atoms with Gasteiger partial charge in [0.05, 0.1) is 22.8 Å². The van der Waals surface area contributed by atoms with Gasteiger partial charge in [-0.05, 0) is 96.5 Å². The molecule has 52 heavy (non-hydrogen) atoms. The first-order chi connectivity index (χ1) is 25.4. The van der Waals surface area contributed by atoms with E-state index in [1.807, 2.05) is 0 Å². The van der Waals surface area contributed by atoms with Crippen LogP contribution in [0.4, 0.5) is 0 Å². The van der Waals surface area contributed by atoms with Crippen LogP contribution in [0.15, 0.2) is 146 Å². The largest absolute Gasteiger partial charge is 0.355 e. The molecule has 0 unspecified atom stereocenters. The third-order valence-electron chi connectivity index (χ3n) is 10.5. The summed E-state index contributed by atoms with van der Waals surface area (Å²) < 4.78 is 0. The van der Waals surface area contributed by atoms with E-state index < -0.39 is 0 Å². The smallest absolute Gasteiger partial charge is 0.0740 e. The summed E-state index contributed by atoms with van der Waals surface area (Å²) in [5, 5.41) is 0. The van der Waals surface area contributed by atoms with Crippen molar-refractivity contribution in [2.24, 2.45) is 0 Å². The van der Waals surface area contributed by atoms with Crippen molar-refractivity contribution in [1.82, 2.24) is 19.9 Å². The Morgan fingerprint density at radius 3 is 1.15 bits per heavy atom. The molecular weight excluding hydrogens is 633 g/mol. The van der Waals surface area contributed by atoms with E-state index in [0.717, 1.165) is 83.8 Å². The van der Waals surface area contributed by atoms with Crippen molar-refractivity contribution in [2.45, 2.75) is 27.7 Å². The molecule has 3 aromatic heterocycles. The molecule has 8 bridgehead atoms. The molecule has 4 nitrogen and oxygen atoms in total. The molecule has 4 heteroatoms. The zero-order valence-corrected chi connectivity index (χ0v) is 29.8. The van der Waals surface area contributed by atoms with Gasteiger partial charge in [-0.1, -0.05) is 121 Å². The summed E-state index contributed by atoms with van der Waals surface area (Å²) in [5.41, 5.74) is 21.7. The SMILES string of the molecule is CC1=C(c2ccccc2)c2cc3nc(cc4[nH]c(cc5[nH]c(cc1n2)c(-c1ccccc1)c5C)c(-c1ccccc1)c4C)C(c1ccccc1)=C3C. The minimum absolute atomic E-state index is 0.912. The summed E-state index contributed by atoms with van der Waals surface area (Å²) >= 11 is 0. The molecule has 2 aliphatic heterocycles. The number of H-pyrrole nitrogens is 2. The summed E-state index contributed by atoms with van der Waals surface area (Å²) in [5.74, 6) is 0. The van der Waals surface area contributed by atoms with Gasteiger partial charge in [-0.15, -0.1) is 0 Å². The molecule has 2 N–H and O–H groups in total. The van der Waals surface area contributed by atoms with Gasteiger partial charge in [-0.3, -0.25) is 0 Å². The van der Waals surface area contributed by atoms with Crippen LogP contribution in [-0.2, 0) is 0 Å². The molecule has 4 aromatic carbocycles. The molecule has 2 aliphatic rings. The zero-order valence-electron chi connectivity index (χ0n) is 29.8. The van der Waals surface area contributed by atoms with Crippen LogP contribution < -0.4 is 0 Å². The Morgan fingerprint density at radius 1 is 0.346 bits per heavy atom. The van der Waals surface area contributed by atoms with E-state index in [1.54, 1.807) is 0 Å². The molecule has 0 fully saturated rings. The average Bonchev–Trinajstić information content (AvgIpc) is 3.86. The molecule has 0 spiro atoms. The van der Waals surface area contributed by atoms with E-state index in [4.69, 9.17) is 9.97 Å². The highest BCUT2D eigenvalue weighted by Gasteiger charge is 2.24. The third-order valence-corrected chi connectivity index (χ3v) is 10.5. The summed E-state index contributed by atoms with van der Waals surface area (Å²) in [6, 6.07) is 51.4. The first-order valence-electron chi connectivity index (χ1n) is 17.8. The van der Waals surface area contributed by atoms with Crippen molar-refractivity contribution in [1.29, 1.82) is 0 Å². The molecule has 250 valence electrons. The Bertz CT molecular complexity index is 2730. The fourth-order valence-electron chi connectivity index (χ4n) is 7.89. The molecule has 7 aromatic rings. The van der Waals surface area contributed by atoms with Crippen molar-refractivity contribution in [3.05, 3.63) is 191 Å². The van der Waals surface area contributed by atoms with Crippen LogP contribution in [0.3, 0.4) is 0 Å². The van der Waals surface area contributed by atoms with E-state index in [2.05, 4.69) is 183 Å². The number of hydrogen-bond donors (Lipinski definition) is 2. The third kappa shape index (κ3) is 5.32. The number of allylic oxidation sites excluding steroid dienone is 2. The van der Waals surface area contributed by atoms with Crippen molar-refractivity contribution in [2.75, 3.05) is 0 Å². The van der Waals surface area contributed by atoms with Gasteiger partial charge in [-0.25, -0.2) is 9.97 Å². The van der Waals surface area contributed by atoms with Crippen molar-refractivity contribution < 1.29 is 0 Å². The van der Waals surface area contributed by atoms with Crippen LogP contribution in [0.1, 0.15) is 58.9 Å². The fraction of sp³-hybridized carbons (Fsp3) is 0.0833. The second-order valence-electron chi connectivity index (χ2n) is 13.7. The molecule has 0 saturated heterocycles. The van der Waals surface area contributed by atoms with Crippen LogP contribution in [0.2, 0.25) is 0 Å². The van der Waals surface area contributed by atoms with Crippen molar-refractivity contribution in [3.63, 3.8) is 0 Å². The second kappa shape index (κ2) is 12.7. The van der Waals surface area contributed by atoms with E-state index in [1.165, 1.54) is 27.8 Å². The van der Waals surface area contributed by atoms with Gasteiger partial charge >= 0.3 is 0 Å². The van der Waals surface area contributed by atoms with Gasteiger partial charge in [0.1, 0.15) is 0 Å². The molecule has 0 aliphatic carbocycles. The highest BCUT2D eigenvalue weighted by atomic mass is 14.8. The Morgan fingerprint density at radius 2 is 0.692 bits per heavy atom. The second-order valence-corrected chi connectivity index (χ2v) is 13.7. The summed E-state index contributed by atoms with van der Waals surface area (Å²) in [4.78, 5) is 18.4. The van der Waals surface area contributed by atoms with Crippen LogP contribution in [-0.4, -0.2) is 19.9 Å². The lowest BCUT2D eigenvalue weighted by Gasteiger charge is -2.06. The monoisotopic (exact) mass is 670 g/mol. The molecule has 5 heterocycles. The highest BCUT2D eigenvalue weighted by molar-refractivity contribution is 6.03. The molecule has 0 radical (unpaired) electrons. The van der Waals surface area contributed by atoms with Gasteiger partial charge in [0.2, 0.25) is 0 Å². The summed E-state index contributed by atoms with van der Waals surface area (Å²) in [6.45, 7) is 8.79. The number of nitrogens with one attached hydrogen (secondary N) is 2. The van der Waals surface area contributed by atoms with E-state index >= 15 is 0 Å². The van der Waals surface area contributed by atoms with Gasteiger partial charge in [0.25, 0.3) is 0 Å². The Kier molecular flexibility index (Phi) is 7.66. The Labute approximate surface area is 303 Å². The van der Waals surface area contributed by atoms with Crippen LogP contribution in [0.5, 0.6) is 0 Å². The molecule has 0 saturated carbocycles. The Hall–Kier alpha value is -6.52. The van der Waals surface area contributed by atoms with Crippen LogP contribution in [0.25, 0.3) is 66.6 Å². The number of nitrogens with zero attached hydrogens (tertiary/aromatic N) is 2. The minimum Gasteiger partial charge on any atom is -0.355 e. The predicted molar refractivity (Wildman–Crippen MR) is 217 cm³/mol. The van der Waals surface area contributed by atoms with Gasteiger partial charge in [-0.2, -0.15) is 0 Å². The van der Waals surface area contributed by atoms with Gasteiger partial charge in [0.15, 0.2) is 0 Å². The van der Waals surface area contributed by atoms with E-state index in [9.17, 15) is 0 Å². The number of fused-ring (bicyclic) bond motifs is 8. The first-order valence-corrected chi connectivity index (χ1v) is 17.8.